The zero-order valence-corrected chi connectivity index (χ0v) is 14.0. The third-order valence-corrected chi connectivity index (χ3v) is 3.66. The summed E-state index contributed by atoms with van der Waals surface area (Å²) in [6.07, 6.45) is 3.53. The number of H-pyrrole nitrogens is 1. The van der Waals surface area contributed by atoms with Gasteiger partial charge in [0.1, 0.15) is 16.4 Å². The largest absolute Gasteiger partial charge is 0.497 e. The Kier molecular flexibility index (Phi) is 4.95. The maximum atomic E-state index is 12.4. The minimum Gasteiger partial charge on any atom is -0.497 e. The van der Waals surface area contributed by atoms with Crippen molar-refractivity contribution < 1.29 is 9.47 Å². The van der Waals surface area contributed by atoms with Gasteiger partial charge in [-0.05, 0) is 35.4 Å². The molecule has 2 aromatic carbocycles. The van der Waals surface area contributed by atoms with Crippen molar-refractivity contribution in [1.82, 2.24) is 9.97 Å². The molecule has 0 saturated carbocycles. The third-order valence-electron chi connectivity index (χ3n) is 3.66. The van der Waals surface area contributed by atoms with E-state index in [0.29, 0.717) is 16.6 Å². The van der Waals surface area contributed by atoms with Crippen LogP contribution in [0.2, 0.25) is 0 Å². The van der Waals surface area contributed by atoms with Crippen molar-refractivity contribution in [2.24, 2.45) is 0 Å². The molecule has 25 heavy (non-hydrogen) atoms. The first-order valence-electron chi connectivity index (χ1n) is 7.76. The van der Waals surface area contributed by atoms with Crippen LogP contribution in [0.15, 0.2) is 59.4 Å². The minimum atomic E-state index is -0.274. The molecule has 5 heteroatoms. The van der Waals surface area contributed by atoms with E-state index in [4.69, 9.17) is 9.47 Å². The highest BCUT2D eigenvalue weighted by atomic mass is 16.5. The maximum Gasteiger partial charge on any atom is 0.274 e. The molecule has 3 aromatic rings. The van der Waals surface area contributed by atoms with Crippen molar-refractivity contribution in [1.29, 1.82) is 0 Å². The van der Waals surface area contributed by atoms with Crippen LogP contribution in [0, 0.1) is 0 Å². The summed E-state index contributed by atoms with van der Waals surface area (Å²) in [5.74, 6) is 1.13. The number of rotatable bonds is 4. The van der Waals surface area contributed by atoms with Gasteiger partial charge in [0, 0.05) is 0 Å². The molecular formula is C20H18N2O3. The van der Waals surface area contributed by atoms with Gasteiger partial charge in [-0.3, -0.25) is 4.79 Å². The predicted octanol–water partition coefficient (Wildman–Crippen LogP) is 1.44. The molecule has 126 valence electrons. The Hall–Kier alpha value is -3.34. The van der Waals surface area contributed by atoms with Gasteiger partial charge >= 0.3 is 0 Å². The Morgan fingerprint density at radius 3 is 2.20 bits per heavy atom. The summed E-state index contributed by atoms with van der Waals surface area (Å²) in [5, 5.41) is 0.817. The second-order valence-electron chi connectivity index (χ2n) is 5.35. The molecule has 1 aromatic heterocycles. The van der Waals surface area contributed by atoms with Crippen LogP contribution in [-0.2, 0) is 0 Å². The van der Waals surface area contributed by atoms with Crippen LogP contribution >= 0.6 is 0 Å². The van der Waals surface area contributed by atoms with Gasteiger partial charge in [0.25, 0.3) is 5.56 Å². The van der Waals surface area contributed by atoms with E-state index >= 15 is 0 Å². The van der Waals surface area contributed by atoms with Crippen LogP contribution in [0.5, 0.6) is 11.6 Å². The van der Waals surface area contributed by atoms with Crippen LogP contribution < -0.4 is 25.7 Å². The smallest absolute Gasteiger partial charge is 0.274 e. The lowest BCUT2D eigenvalue weighted by atomic mass is 10.2. The van der Waals surface area contributed by atoms with Gasteiger partial charge in [0.05, 0.1) is 14.2 Å². The van der Waals surface area contributed by atoms with Crippen LogP contribution in [-0.4, -0.2) is 24.2 Å². The maximum absolute atomic E-state index is 12.4. The minimum absolute atomic E-state index is 0.274. The monoisotopic (exact) mass is 334 g/mol. The Morgan fingerprint density at radius 1 is 0.880 bits per heavy atom. The van der Waals surface area contributed by atoms with Gasteiger partial charge in [0.2, 0.25) is 5.88 Å². The number of methoxy groups -OCH3 is 2. The molecule has 0 spiro atoms. The van der Waals surface area contributed by atoms with E-state index in [1.165, 1.54) is 7.11 Å². The molecule has 0 saturated heterocycles. The van der Waals surface area contributed by atoms with E-state index in [1.54, 1.807) is 19.3 Å². The van der Waals surface area contributed by atoms with Gasteiger partial charge in [-0.1, -0.05) is 42.5 Å². The average Bonchev–Trinajstić information content (AvgIpc) is 2.65. The van der Waals surface area contributed by atoms with Crippen molar-refractivity contribution in [3.63, 3.8) is 0 Å². The van der Waals surface area contributed by atoms with Crippen LogP contribution in [0.4, 0.5) is 0 Å². The molecule has 0 fully saturated rings. The predicted molar refractivity (Wildman–Crippen MR) is 97.2 cm³/mol. The fraction of sp³-hybridized carbons (Fsp3) is 0.100. The molecule has 5 nitrogen and oxygen atoms in total. The van der Waals surface area contributed by atoms with Crippen LogP contribution in [0.3, 0.4) is 0 Å². The number of hydrogen-bond donors (Lipinski definition) is 1. The topological polar surface area (TPSA) is 64.2 Å². The molecule has 0 radical (unpaired) electrons. The fourth-order valence-electron chi connectivity index (χ4n) is 2.39. The molecule has 0 aliphatic heterocycles. The van der Waals surface area contributed by atoms with E-state index in [2.05, 4.69) is 9.97 Å². The normalized spacial score (nSPS) is 12.2. The van der Waals surface area contributed by atoms with Crippen LogP contribution in [0.1, 0.15) is 11.1 Å². The first-order chi connectivity index (χ1) is 12.2. The fourth-order valence-corrected chi connectivity index (χ4v) is 2.39. The summed E-state index contributed by atoms with van der Waals surface area (Å²) < 4.78 is 10.5. The molecule has 0 amide bonds. The first kappa shape index (κ1) is 16.5. The number of aromatic nitrogens is 2. The average molecular weight is 334 g/mol. The first-order valence-corrected chi connectivity index (χ1v) is 7.76. The lowest BCUT2D eigenvalue weighted by Crippen LogP contribution is -2.37. The zero-order chi connectivity index (χ0) is 17.6. The summed E-state index contributed by atoms with van der Waals surface area (Å²) in [6.45, 7) is 0. The molecule has 1 N–H and O–H groups in total. The molecule has 0 aliphatic carbocycles. The van der Waals surface area contributed by atoms with Crippen molar-refractivity contribution in [2.75, 3.05) is 14.2 Å². The highest BCUT2D eigenvalue weighted by Gasteiger charge is 2.02. The van der Waals surface area contributed by atoms with Crippen molar-refractivity contribution >= 4 is 12.2 Å². The second-order valence-corrected chi connectivity index (χ2v) is 5.35. The molecule has 3 rings (SSSR count). The van der Waals surface area contributed by atoms with E-state index in [-0.39, 0.29) is 5.56 Å². The van der Waals surface area contributed by atoms with Crippen LogP contribution in [0.25, 0.3) is 12.2 Å². The van der Waals surface area contributed by atoms with Gasteiger partial charge < -0.3 is 14.5 Å². The number of aromatic amines is 1. The number of nitrogens with one attached hydrogen (secondary N) is 1. The van der Waals surface area contributed by atoms with E-state index in [9.17, 15) is 4.79 Å². The number of nitrogens with zero attached hydrogens (tertiary/aromatic N) is 1. The summed E-state index contributed by atoms with van der Waals surface area (Å²) in [7, 11) is 3.14. The summed E-state index contributed by atoms with van der Waals surface area (Å²) >= 11 is 0. The van der Waals surface area contributed by atoms with E-state index in [0.717, 1.165) is 16.9 Å². The second kappa shape index (κ2) is 7.49. The molecule has 1 heterocycles. The highest BCUT2D eigenvalue weighted by molar-refractivity contribution is 5.52. The summed E-state index contributed by atoms with van der Waals surface area (Å²) in [5.41, 5.74) is 1.52. The Bertz CT molecular complexity index is 1020. The molecule has 0 bridgehead atoms. The molecular weight excluding hydrogens is 316 g/mol. The van der Waals surface area contributed by atoms with E-state index < -0.39 is 0 Å². The lowest BCUT2D eigenvalue weighted by molar-refractivity contribution is 0.389. The van der Waals surface area contributed by atoms with Gasteiger partial charge in [-0.15, -0.1) is 0 Å². The standard InChI is InChI=1S/C20H18N2O3/c1-24-16-10-8-15(9-11-16)13-18-20(25-2)22-17(19(23)21-18)12-14-6-4-3-5-7-14/h3-13H,1-2H3,(H,21,23). The summed E-state index contributed by atoms with van der Waals surface area (Å²) in [6, 6.07) is 17.0. The van der Waals surface area contributed by atoms with Gasteiger partial charge in [0.15, 0.2) is 0 Å². The lowest BCUT2D eigenvalue weighted by Gasteiger charge is -2.02. The Labute approximate surface area is 144 Å². The highest BCUT2D eigenvalue weighted by Crippen LogP contribution is 2.11. The number of benzene rings is 2. The van der Waals surface area contributed by atoms with Crippen molar-refractivity contribution in [3.8, 4) is 11.6 Å². The quantitative estimate of drug-likeness (QED) is 0.784. The Morgan fingerprint density at radius 2 is 1.56 bits per heavy atom. The third kappa shape index (κ3) is 3.95. The van der Waals surface area contributed by atoms with Gasteiger partial charge in [-0.25, -0.2) is 4.98 Å². The SMILES string of the molecule is COc1ccc(C=c2[nH]c(=O)c(=Cc3ccccc3)nc2OC)cc1. The van der Waals surface area contributed by atoms with Crippen molar-refractivity contribution in [3.05, 3.63) is 86.8 Å². The number of hydrogen-bond acceptors (Lipinski definition) is 4. The molecule has 0 atom stereocenters. The summed E-state index contributed by atoms with van der Waals surface area (Å²) in [4.78, 5) is 19.5. The zero-order valence-electron chi connectivity index (χ0n) is 14.0. The van der Waals surface area contributed by atoms with E-state index in [1.807, 2.05) is 54.6 Å². The molecule has 0 unspecified atom stereocenters. The Balaban J connectivity index is 2.10. The molecule has 0 aliphatic rings. The number of ether oxygens (including phenoxy) is 2. The van der Waals surface area contributed by atoms with Gasteiger partial charge in [-0.2, -0.15) is 0 Å². The van der Waals surface area contributed by atoms with Crippen molar-refractivity contribution in [2.45, 2.75) is 0 Å².